The third-order valence-electron chi connectivity index (χ3n) is 4.97. The summed E-state index contributed by atoms with van der Waals surface area (Å²) in [6, 6.07) is 7.52. The summed E-state index contributed by atoms with van der Waals surface area (Å²) in [6.45, 7) is 3.40. The Balaban J connectivity index is 1.82. The molecule has 0 aliphatic carbocycles. The molecular formula is C21H23N5O3. The van der Waals surface area contributed by atoms with Gasteiger partial charge < -0.3 is 24.7 Å². The van der Waals surface area contributed by atoms with Gasteiger partial charge in [0.05, 0.1) is 30.3 Å². The summed E-state index contributed by atoms with van der Waals surface area (Å²) in [5, 5.41) is 14.0. The van der Waals surface area contributed by atoms with Crippen LogP contribution in [0.4, 0.5) is 0 Å². The summed E-state index contributed by atoms with van der Waals surface area (Å²) in [4.78, 5) is 24.4. The molecule has 0 saturated heterocycles. The summed E-state index contributed by atoms with van der Waals surface area (Å²) in [7, 11) is 3.54. The van der Waals surface area contributed by atoms with Crippen molar-refractivity contribution in [2.75, 3.05) is 13.7 Å². The fourth-order valence-electron chi connectivity index (χ4n) is 3.39. The molecule has 3 N–H and O–H groups in total. The number of hydrogen-bond acceptors (Lipinski definition) is 5. The molecule has 8 nitrogen and oxygen atoms in total. The van der Waals surface area contributed by atoms with Crippen molar-refractivity contribution in [3.63, 3.8) is 0 Å². The van der Waals surface area contributed by atoms with Crippen LogP contribution >= 0.6 is 0 Å². The molecule has 0 radical (unpaired) electrons. The van der Waals surface area contributed by atoms with E-state index in [9.17, 15) is 9.90 Å². The van der Waals surface area contributed by atoms with Crippen LogP contribution in [0.15, 0.2) is 36.8 Å². The van der Waals surface area contributed by atoms with Crippen LogP contribution in [0.1, 0.15) is 24.2 Å². The smallest absolute Gasteiger partial charge is 0.251 e. The van der Waals surface area contributed by atoms with Gasteiger partial charge in [-0.15, -0.1) is 0 Å². The number of hydrogen-bond donors (Lipinski definition) is 3. The molecule has 1 amide bonds. The molecule has 0 atom stereocenters. The average Bonchev–Trinajstić information content (AvgIpc) is 3.28. The third-order valence-corrected chi connectivity index (χ3v) is 4.97. The van der Waals surface area contributed by atoms with E-state index in [-0.39, 0.29) is 12.5 Å². The van der Waals surface area contributed by atoms with Crippen molar-refractivity contribution < 1.29 is 14.6 Å². The molecule has 1 aromatic carbocycles. The van der Waals surface area contributed by atoms with Gasteiger partial charge in [-0.2, -0.15) is 0 Å². The van der Waals surface area contributed by atoms with Crippen molar-refractivity contribution in [1.82, 2.24) is 24.8 Å². The number of amides is 1. The normalized spacial score (nSPS) is 11.9. The lowest BCUT2D eigenvalue weighted by Crippen LogP contribution is -2.46. The van der Waals surface area contributed by atoms with Crippen molar-refractivity contribution in [3.05, 3.63) is 42.4 Å². The van der Waals surface area contributed by atoms with Gasteiger partial charge in [-0.05, 0) is 38.1 Å². The predicted octanol–water partition coefficient (Wildman–Crippen LogP) is 2.63. The molecule has 3 aromatic heterocycles. The SMILES string of the molecule is COc1ncnc2[nH]c(-c3cn(C)c4ccc(C(=O)NC(C)(C)CO)cc34)cc12. The maximum absolute atomic E-state index is 12.7. The number of H-pyrrole nitrogens is 1. The van der Waals surface area contributed by atoms with E-state index in [0.717, 1.165) is 27.5 Å². The first-order valence-corrected chi connectivity index (χ1v) is 9.23. The standard InChI is InChI=1S/C21H23N5O3/c1-21(2,10-27)25-19(28)12-5-6-17-13(7-12)15(9-26(17)3)16-8-14-18(24-16)22-11-23-20(14)29-4/h5-9,11,27H,10H2,1-4H3,(H,25,28)(H,22,23,24). The monoisotopic (exact) mass is 393 g/mol. The van der Waals surface area contributed by atoms with Crippen LogP contribution in [0.25, 0.3) is 33.2 Å². The van der Waals surface area contributed by atoms with Gasteiger partial charge in [0.25, 0.3) is 5.91 Å². The van der Waals surface area contributed by atoms with Gasteiger partial charge in [0.1, 0.15) is 12.0 Å². The molecule has 0 fully saturated rings. The molecule has 0 unspecified atom stereocenters. The van der Waals surface area contributed by atoms with Gasteiger partial charge in [0, 0.05) is 35.3 Å². The Morgan fingerprint density at radius 1 is 1.28 bits per heavy atom. The highest BCUT2D eigenvalue weighted by molar-refractivity contribution is 6.03. The van der Waals surface area contributed by atoms with Gasteiger partial charge in [0.2, 0.25) is 5.88 Å². The van der Waals surface area contributed by atoms with Crippen molar-refractivity contribution in [3.8, 4) is 17.1 Å². The van der Waals surface area contributed by atoms with Crippen LogP contribution in [0.2, 0.25) is 0 Å². The fourth-order valence-corrected chi connectivity index (χ4v) is 3.39. The van der Waals surface area contributed by atoms with Crippen LogP contribution in [-0.4, -0.2) is 49.8 Å². The van der Waals surface area contributed by atoms with Crippen molar-refractivity contribution >= 4 is 27.8 Å². The topological polar surface area (TPSA) is 105 Å². The number of nitrogens with one attached hydrogen (secondary N) is 2. The lowest BCUT2D eigenvalue weighted by atomic mass is 10.0. The van der Waals surface area contributed by atoms with Gasteiger partial charge in [0.15, 0.2) is 0 Å². The predicted molar refractivity (Wildman–Crippen MR) is 111 cm³/mol. The second-order valence-electron chi connectivity index (χ2n) is 7.71. The zero-order valence-electron chi connectivity index (χ0n) is 16.8. The summed E-state index contributed by atoms with van der Waals surface area (Å²) < 4.78 is 7.34. The van der Waals surface area contributed by atoms with E-state index in [2.05, 4.69) is 20.3 Å². The molecular weight excluding hydrogens is 370 g/mol. The first-order chi connectivity index (χ1) is 13.8. The van der Waals surface area contributed by atoms with Crippen LogP contribution in [0.3, 0.4) is 0 Å². The van der Waals surface area contributed by atoms with E-state index >= 15 is 0 Å². The molecule has 0 spiro atoms. The van der Waals surface area contributed by atoms with Gasteiger partial charge in [-0.25, -0.2) is 9.97 Å². The number of aromatic amines is 1. The average molecular weight is 393 g/mol. The Bertz CT molecular complexity index is 1220. The zero-order chi connectivity index (χ0) is 20.8. The number of benzene rings is 1. The minimum absolute atomic E-state index is 0.143. The summed E-state index contributed by atoms with van der Waals surface area (Å²) >= 11 is 0. The number of aliphatic hydroxyl groups is 1. The van der Waals surface area contributed by atoms with E-state index in [0.29, 0.717) is 17.1 Å². The number of rotatable bonds is 5. The number of methoxy groups -OCH3 is 1. The number of carbonyl (C=O) groups is 1. The molecule has 0 aliphatic heterocycles. The van der Waals surface area contributed by atoms with E-state index in [4.69, 9.17) is 4.74 Å². The minimum Gasteiger partial charge on any atom is -0.480 e. The Labute approximate surface area is 167 Å². The Morgan fingerprint density at radius 3 is 2.79 bits per heavy atom. The lowest BCUT2D eigenvalue weighted by molar-refractivity contribution is 0.0869. The molecule has 3 heterocycles. The van der Waals surface area contributed by atoms with Crippen molar-refractivity contribution in [2.24, 2.45) is 7.05 Å². The van der Waals surface area contributed by atoms with Gasteiger partial charge >= 0.3 is 0 Å². The fraction of sp³-hybridized carbons (Fsp3) is 0.286. The number of nitrogens with zero attached hydrogens (tertiary/aromatic N) is 3. The highest BCUT2D eigenvalue weighted by atomic mass is 16.5. The van der Waals surface area contributed by atoms with Crippen LogP contribution < -0.4 is 10.1 Å². The van der Waals surface area contributed by atoms with Gasteiger partial charge in [-0.1, -0.05) is 0 Å². The number of aliphatic hydroxyl groups excluding tert-OH is 1. The molecule has 0 bridgehead atoms. The summed E-state index contributed by atoms with van der Waals surface area (Å²) in [5.74, 6) is 0.272. The number of aromatic nitrogens is 4. The largest absolute Gasteiger partial charge is 0.480 e. The molecule has 8 heteroatoms. The van der Waals surface area contributed by atoms with Gasteiger partial charge in [-0.3, -0.25) is 4.79 Å². The number of fused-ring (bicyclic) bond motifs is 2. The number of aryl methyl sites for hydroxylation is 1. The Kier molecular flexibility index (Phi) is 4.50. The first kappa shape index (κ1) is 18.9. The molecule has 4 rings (SSSR count). The first-order valence-electron chi connectivity index (χ1n) is 9.23. The van der Waals surface area contributed by atoms with E-state index in [1.165, 1.54) is 6.33 Å². The number of ether oxygens (including phenoxy) is 1. The highest BCUT2D eigenvalue weighted by Crippen LogP contribution is 2.33. The molecule has 29 heavy (non-hydrogen) atoms. The quantitative estimate of drug-likeness (QED) is 0.483. The molecule has 4 aromatic rings. The van der Waals surface area contributed by atoms with E-state index in [1.807, 2.05) is 36.0 Å². The third kappa shape index (κ3) is 3.31. The molecule has 0 saturated carbocycles. The van der Waals surface area contributed by atoms with Crippen LogP contribution in [0.5, 0.6) is 5.88 Å². The number of carbonyl (C=O) groups excluding carboxylic acids is 1. The summed E-state index contributed by atoms with van der Waals surface area (Å²) in [6.07, 6.45) is 3.46. The Hall–Kier alpha value is -3.39. The maximum Gasteiger partial charge on any atom is 0.251 e. The highest BCUT2D eigenvalue weighted by Gasteiger charge is 2.21. The maximum atomic E-state index is 12.7. The van der Waals surface area contributed by atoms with Crippen LogP contribution in [-0.2, 0) is 7.05 Å². The minimum atomic E-state index is -0.696. The van der Waals surface area contributed by atoms with E-state index < -0.39 is 5.54 Å². The van der Waals surface area contributed by atoms with Crippen LogP contribution in [0, 0.1) is 0 Å². The zero-order valence-corrected chi connectivity index (χ0v) is 16.8. The Morgan fingerprint density at radius 2 is 2.07 bits per heavy atom. The summed E-state index contributed by atoms with van der Waals surface area (Å²) in [5.41, 5.74) is 3.31. The molecule has 150 valence electrons. The van der Waals surface area contributed by atoms with E-state index in [1.54, 1.807) is 27.0 Å². The van der Waals surface area contributed by atoms with Crippen molar-refractivity contribution in [1.29, 1.82) is 0 Å². The second-order valence-corrected chi connectivity index (χ2v) is 7.71. The second kappa shape index (κ2) is 6.89. The van der Waals surface area contributed by atoms with Crippen molar-refractivity contribution in [2.45, 2.75) is 19.4 Å². The lowest BCUT2D eigenvalue weighted by Gasteiger charge is -2.23. The molecule has 0 aliphatic rings.